The lowest BCUT2D eigenvalue weighted by Crippen LogP contribution is -2.55. The van der Waals surface area contributed by atoms with Crippen molar-refractivity contribution >= 4 is 12.0 Å². The molecule has 3 rings (SSSR count). The van der Waals surface area contributed by atoms with E-state index in [2.05, 4.69) is 15.5 Å². The minimum absolute atomic E-state index is 0.112. The van der Waals surface area contributed by atoms with Gasteiger partial charge in [0, 0.05) is 18.6 Å². The van der Waals surface area contributed by atoms with E-state index < -0.39 is 22.9 Å². The molecule has 0 bridgehead atoms. The van der Waals surface area contributed by atoms with Crippen molar-refractivity contribution in [3.8, 4) is 5.69 Å². The summed E-state index contributed by atoms with van der Waals surface area (Å²) in [6, 6.07) is 4.33. The number of likely N-dealkylation sites (tertiary alicyclic amines) is 1. The molecule has 1 fully saturated rings. The van der Waals surface area contributed by atoms with Gasteiger partial charge in [0.15, 0.2) is 0 Å². The summed E-state index contributed by atoms with van der Waals surface area (Å²) in [6.45, 7) is 8.23. The lowest BCUT2D eigenvalue weighted by Gasteiger charge is -2.40. The molecule has 0 spiro atoms. The topological polar surface area (TPSA) is 89.4 Å². The van der Waals surface area contributed by atoms with Crippen LogP contribution in [0.2, 0.25) is 0 Å². The molecule has 0 unspecified atom stereocenters. The van der Waals surface area contributed by atoms with Crippen molar-refractivity contribution in [2.75, 3.05) is 13.1 Å². The predicted molar refractivity (Wildman–Crippen MR) is 104 cm³/mol. The maximum absolute atomic E-state index is 14.5. The molecule has 0 radical (unpaired) electrons. The molecule has 29 heavy (non-hydrogen) atoms. The van der Waals surface area contributed by atoms with Gasteiger partial charge in [0.1, 0.15) is 22.7 Å². The van der Waals surface area contributed by atoms with Crippen LogP contribution in [0, 0.1) is 5.82 Å². The molecule has 2 amide bonds. The van der Waals surface area contributed by atoms with Gasteiger partial charge in [0.25, 0.3) is 5.91 Å². The van der Waals surface area contributed by atoms with Gasteiger partial charge in [-0.2, -0.15) is 15.0 Å². The monoisotopic (exact) mass is 403 g/mol. The quantitative estimate of drug-likeness (QED) is 0.851. The first-order valence-electron chi connectivity index (χ1n) is 9.54. The molecule has 0 saturated carbocycles. The van der Waals surface area contributed by atoms with Gasteiger partial charge in [0.2, 0.25) is 0 Å². The Bertz CT molecular complexity index is 884. The van der Waals surface area contributed by atoms with Crippen molar-refractivity contribution in [1.29, 1.82) is 0 Å². The normalized spacial score (nSPS) is 16.4. The molecule has 1 N–H and O–H groups in total. The molecule has 1 saturated heterocycles. The average molecular weight is 403 g/mol. The van der Waals surface area contributed by atoms with Crippen LogP contribution in [0.4, 0.5) is 9.18 Å². The Hall–Kier alpha value is -2.97. The first-order valence-corrected chi connectivity index (χ1v) is 9.54. The van der Waals surface area contributed by atoms with Gasteiger partial charge in [-0.05, 0) is 52.7 Å². The minimum Gasteiger partial charge on any atom is -0.444 e. The highest BCUT2D eigenvalue weighted by molar-refractivity contribution is 5.98. The first-order chi connectivity index (χ1) is 13.6. The third-order valence-corrected chi connectivity index (χ3v) is 4.79. The van der Waals surface area contributed by atoms with Crippen molar-refractivity contribution in [3.05, 3.63) is 42.0 Å². The smallest absolute Gasteiger partial charge is 0.410 e. The van der Waals surface area contributed by atoms with Gasteiger partial charge in [-0.15, -0.1) is 0 Å². The van der Waals surface area contributed by atoms with Gasteiger partial charge in [-0.25, -0.2) is 9.18 Å². The lowest BCUT2D eigenvalue weighted by atomic mass is 9.89. The zero-order valence-corrected chi connectivity index (χ0v) is 17.1. The van der Waals surface area contributed by atoms with E-state index in [4.69, 9.17) is 4.74 Å². The van der Waals surface area contributed by atoms with E-state index in [9.17, 15) is 14.0 Å². The van der Waals surface area contributed by atoms with Gasteiger partial charge in [-0.3, -0.25) is 4.79 Å². The molecule has 1 aliphatic rings. The molecule has 1 aromatic heterocycles. The van der Waals surface area contributed by atoms with Gasteiger partial charge in [0.05, 0.1) is 12.4 Å². The fourth-order valence-corrected chi connectivity index (χ4v) is 3.22. The number of carbonyl (C=O) groups is 2. The number of benzene rings is 1. The number of aromatic nitrogens is 3. The average Bonchev–Trinajstić information content (AvgIpc) is 3.14. The molecule has 2 aromatic rings. The predicted octanol–water partition coefficient (Wildman–Crippen LogP) is 2.93. The molecule has 9 heteroatoms. The summed E-state index contributed by atoms with van der Waals surface area (Å²) in [5.41, 5.74) is -0.984. The van der Waals surface area contributed by atoms with Gasteiger partial charge >= 0.3 is 6.09 Å². The van der Waals surface area contributed by atoms with E-state index in [-0.39, 0.29) is 17.3 Å². The molecule has 8 nitrogen and oxygen atoms in total. The Labute approximate surface area is 169 Å². The Morgan fingerprint density at radius 3 is 2.38 bits per heavy atom. The zero-order valence-electron chi connectivity index (χ0n) is 17.1. The summed E-state index contributed by atoms with van der Waals surface area (Å²) in [5, 5.41) is 10.9. The van der Waals surface area contributed by atoms with Crippen molar-refractivity contribution in [2.24, 2.45) is 0 Å². The number of hydrogen-bond donors (Lipinski definition) is 1. The fraction of sp³-hybridized carbons (Fsp3) is 0.500. The first kappa shape index (κ1) is 20.8. The molecule has 0 aliphatic carbocycles. The second kappa shape index (κ2) is 7.81. The summed E-state index contributed by atoms with van der Waals surface area (Å²) >= 11 is 0. The van der Waals surface area contributed by atoms with E-state index >= 15 is 0 Å². The van der Waals surface area contributed by atoms with Crippen molar-refractivity contribution < 1.29 is 18.7 Å². The highest BCUT2D eigenvalue weighted by atomic mass is 19.1. The van der Waals surface area contributed by atoms with E-state index in [1.165, 1.54) is 29.3 Å². The second-order valence-corrected chi connectivity index (χ2v) is 8.43. The Morgan fingerprint density at radius 1 is 1.17 bits per heavy atom. The second-order valence-electron chi connectivity index (χ2n) is 8.43. The summed E-state index contributed by atoms with van der Waals surface area (Å²) in [4.78, 5) is 28.0. The molecular weight excluding hydrogens is 377 g/mol. The van der Waals surface area contributed by atoms with E-state index in [1.807, 2.05) is 27.7 Å². The van der Waals surface area contributed by atoms with Crippen LogP contribution in [0.3, 0.4) is 0 Å². The number of hydrogen-bond acceptors (Lipinski definition) is 5. The van der Waals surface area contributed by atoms with E-state index in [0.29, 0.717) is 25.9 Å². The van der Waals surface area contributed by atoms with Crippen LogP contribution in [0.25, 0.3) is 5.69 Å². The van der Waals surface area contributed by atoms with Crippen molar-refractivity contribution in [2.45, 2.75) is 51.7 Å². The lowest BCUT2D eigenvalue weighted by molar-refractivity contribution is 0.0160. The molecule has 1 aromatic carbocycles. The highest BCUT2D eigenvalue weighted by Gasteiger charge is 2.35. The number of amides is 2. The number of halogens is 1. The minimum atomic E-state index is -0.646. The number of ether oxygens (including phenoxy) is 1. The number of rotatable bonds is 3. The number of carbonyl (C=O) groups excluding carboxylic acids is 2. The van der Waals surface area contributed by atoms with Crippen LogP contribution in [0.1, 0.15) is 50.9 Å². The number of piperidine rings is 1. The Morgan fingerprint density at radius 2 is 1.79 bits per heavy atom. The SMILES string of the molecule is CC1(NC(=O)c2c(F)cccc2-n2nccn2)CCN(C(=O)OC(C)(C)C)CC1. The van der Waals surface area contributed by atoms with Crippen LogP contribution in [0.15, 0.2) is 30.6 Å². The molecule has 156 valence electrons. The van der Waals surface area contributed by atoms with Gasteiger partial charge < -0.3 is 15.0 Å². The molecule has 1 aliphatic heterocycles. The third kappa shape index (κ3) is 4.90. The van der Waals surface area contributed by atoms with Gasteiger partial charge in [-0.1, -0.05) is 6.07 Å². The van der Waals surface area contributed by atoms with Crippen LogP contribution in [-0.4, -0.2) is 56.1 Å². The summed E-state index contributed by atoms with van der Waals surface area (Å²) in [6.07, 6.45) is 3.61. The molecule has 0 atom stereocenters. The Balaban J connectivity index is 1.70. The third-order valence-electron chi connectivity index (χ3n) is 4.79. The maximum Gasteiger partial charge on any atom is 0.410 e. The molecular formula is C20H26FN5O3. The van der Waals surface area contributed by atoms with Crippen LogP contribution in [0.5, 0.6) is 0 Å². The molecule has 2 heterocycles. The van der Waals surface area contributed by atoms with Crippen LogP contribution >= 0.6 is 0 Å². The van der Waals surface area contributed by atoms with Crippen LogP contribution < -0.4 is 5.32 Å². The summed E-state index contributed by atoms with van der Waals surface area (Å²) < 4.78 is 19.9. The van der Waals surface area contributed by atoms with Crippen LogP contribution in [-0.2, 0) is 4.74 Å². The number of nitrogens with one attached hydrogen (secondary N) is 1. The fourth-order valence-electron chi connectivity index (χ4n) is 3.22. The van der Waals surface area contributed by atoms with Crippen molar-refractivity contribution in [3.63, 3.8) is 0 Å². The standard InChI is InChI=1S/C20H26FN5O3/c1-19(2,3)29-18(28)25-12-8-20(4,9-13-25)24-17(27)16-14(21)6-5-7-15(16)26-22-10-11-23-26/h5-7,10-11H,8-9,12-13H2,1-4H3,(H,24,27). The Kier molecular flexibility index (Phi) is 5.59. The largest absolute Gasteiger partial charge is 0.444 e. The van der Waals surface area contributed by atoms with E-state index in [0.717, 1.165) is 0 Å². The maximum atomic E-state index is 14.5. The highest BCUT2D eigenvalue weighted by Crippen LogP contribution is 2.25. The zero-order chi connectivity index (χ0) is 21.2. The number of nitrogens with zero attached hydrogens (tertiary/aromatic N) is 4. The summed E-state index contributed by atoms with van der Waals surface area (Å²) in [7, 11) is 0. The van der Waals surface area contributed by atoms with Crippen molar-refractivity contribution in [1.82, 2.24) is 25.2 Å². The van der Waals surface area contributed by atoms with E-state index in [1.54, 1.807) is 11.0 Å². The summed E-state index contributed by atoms with van der Waals surface area (Å²) in [5.74, 6) is -1.18.